The zero-order chi connectivity index (χ0) is 13.0. The van der Waals surface area contributed by atoms with E-state index in [-0.39, 0.29) is 6.42 Å². The van der Waals surface area contributed by atoms with E-state index in [0.29, 0.717) is 42.6 Å². The second-order valence-corrected chi connectivity index (χ2v) is 4.57. The minimum atomic E-state index is -0.785. The maximum Gasteiger partial charge on any atom is 0.303 e. The molecule has 1 aromatic carbocycles. The van der Waals surface area contributed by atoms with Gasteiger partial charge in [0, 0.05) is 12.8 Å². The summed E-state index contributed by atoms with van der Waals surface area (Å²) >= 11 is 6.07. The molecule has 0 amide bonds. The fraction of sp³-hybridized carbons (Fsp3) is 0.462. The summed E-state index contributed by atoms with van der Waals surface area (Å²) in [5.41, 5.74) is 0.956. The van der Waals surface area contributed by atoms with Gasteiger partial charge in [-0.1, -0.05) is 17.7 Å². The van der Waals surface area contributed by atoms with Gasteiger partial charge in [0.05, 0.1) is 18.2 Å². The SMILES string of the molecule is O=C(O)CCCc1ccc(Cl)c2c1OCCCO2. The molecule has 0 radical (unpaired) electrons. The first-order valence-corrected chi connectivity index (χ1v) is 6.35. The zero-order valence-corrected chi connectivity index (χ0v) is 10.7. The van der Waals surface area contributed by atoms with Crippen molar-refractivity contribution in [2.45, 2.75) is 25.7 Å². The van der Waals surface area contributed by atoms with Crippen LogP contribution in [0.4, 0.5) is 0 Å². The van der Waals surface area contributed by atoms with E-state index < -0.39 is 5.97 Å². The van der Waals surface area contributed by atoms with Crippen LogP contribution in [0.25, 0.3) is 0 Å². The van der Waals surface area contributed by atoms with Crippen LogP contribution in [0.3, 0.4) is 0 Å². The molecule has 1 aliphatic rings. The molecule has 0 unspecified atom stereocenters. The molecule has 0 saturated carbocycles. The standard InChI is InChI=1S/C13H15ClO4/c14-10-6-5-9(3-1-4-11(15)16)12-13(10)18-8-2-7-17-12/h5-6H,1-4,7-8H2,(H,15,16). The second kappa shape index (κ2) is 5.96. The number of rotatable bonds is 4. The molecule has 0 bridgehead atoms. The number of ether oxygens (including phenoxy) is 2. The monoisotopic (exact) mass is 270 g/mol. The number of hydrogen-bond donors (Lipinski definition) is 1. The van der Waals surface area contributed by atoms with Crippen LogP contribution in [-0.4, -0.2) is 24.3 Å². The van der Waals surface area contributed by atoms with E-state index in [1.807, 2.05) is 6.07 Å². The average Bonchev–Trinajstić information content (AvgIpc) is 2.58. The van der Waals surface area contributed by atoms with Crippen molar-refractivity contribution in [2.24, 2.45) is 0 Å². The van der Waals surface area contributed by atoms with E-state index in [1.54, 1.807) is 6.07 Å². The summed E-state index contributed by atoms with van der Waals surface area (Å²) in [4.78, 5) is 10.5. The van der Waals surface area contributed by atoms with Gasteiger partial charge in [-0.25, -0.2) is 0 Å². The topological polar surface area (TPSA) is 55.8 Å². The van der Waals surface area contributed by atoms with Crippen LogP contribution in [0.5, 0.6) is 11.5 Å². The Kier molecular flexibility index (Phi) is 4.31. The van der Waals surface area contributed by atoms with Crippen molar-refractivity contribution in [2.75, 3.05) is 13.2 Å². The highest BCUT2D eigenvalue weighted by Crippen LogP contribution is 2.40. The van der Waals surface area contributed by atoms with Crippen molar-refractivity contribution in [3.8, 4) is 11.5 Å². The predicted molar refractivity (Wildman–Crippen MR) is 67.6 cm³/mol. The Hall–Kier alpha value is -1.42. The number of benzene rings is 1. The summed E-state index contributed by atoms with van der Waals surface area (Å²) in [6.07, 6.45) is 2.19. The lowest BCUT2D eigenvalue weighted by molar-refractivity contribution is -0.137. The number of hydrogen-bond acceptors (Lipinski definition) is 3. The van der Waals surface area contributed by atoms with Gasteiger partial charge in [0.1, 0.15) is 0 Å². The zero-order valence-electron chi connectivity index (χ0n) is 9.95. The van der Waals surface area contributed by atoms with Crippen molar-refractivity contribution < 1.29 is 19.4 Å². The molecule has 0 aliphatic carbocycles. The Balaban J connectivity index is 2.17. The summed E-state index contributed by atoms with van der Waals surface area (Å²) in [6.45, 7) is 1.19. The Morgan fingerprint density at radius 1 is 1.28 bits per heavy atom. The molecule has 1 aliphatic heterocycles. The van der Waals surface area contributed by atoms with Gasteiger partial charge in [-0.2, -0.15) is 0 Å². The summed E-state index contributed by atoms with van der Waals surface area (Å²) in [5, 5.41) is 9.18. The van der Waals surface area contributed by atoms with Gasteiger partial charge in [0.2, 0.25) is 0 Å². The Bertz CT molecular complexity index is 445. The van der Waals surface area contributed by atoms with Gasteiger partial charge in [-0.15, -0.1) is 0 Å². The summed E-state index contributed by atoms with van der Waals surface area (Å²) in [7, 11) is 0. The molecular weight excluding hydrogens is 256 g/mol. The maximum atomic E-state index is 10.5. The number of aliphatic carboxylic acids is 1. The number of aryl methyl sites for hydroxylation is 1. The molecule has 4 nitrogen and oxygen atoms in total. The first-order valence-electron chi connectivity index (χ1n) is 5.97. The number of carbonyl (C=O) groups is 1. The molecule has 1 N–H and O–H groups in total. The van der Waals surface area contributed by atoms with E-state index in [0.717, 1.165) is 12.0 Å². The fourth-order valence-electron chi connectivity index (χ4n) is 1.91. The molecule has 18 heavy (non-hydrogen) atoms. The van der Waals surface area contributed by atoms with Gasteiger partial charge in [0.25, 0.3) is 0 Å². The van der Waals surface area contributed by atoms with Gasteiger partial charge >= 0.3 is 5.97 Å². The smallest absolute Gasteiger partial charge is 0.303 e. The highest BCUT2D eigenvalue weighted by Gasteiger charge is 2.18. The molecule has 1 heterocycles. The van der Waals surface area contributed by atoms with Crippen LogP contribution in [0.2, 0.25) is 5.02 Å². The third-order valence-corrected chi connectivity index (χ3v) is 3.06. The third-order valence-electron chi connectivity index (χ3n) is 2.76. The van der Waals surface area contributed by atoms with E-state index in [1.165, 1.54) is 0 Å². The molecule has 0 spiro atoms. The van der Waals surface area contributed by atoms with Crippen LogP contribution >= 0.6 is 11.6 Å². The third kappa shape index (κ3) is 3.07. The minimum Gasteiger partial charge on any atom is -0.489 e. The van der Waals surface area contributed by atoms with Crippen LogP contribution in [-0.2, 0) is 11.2 Å². The quantitative estimate of drug-likeness (QED) is 0.914. The molecular formula is C13H15ClO4. The number of halogens is 1. The summed E-state index contributed by atoms with van der Waals surface area (Å²) < 4.78 is 11.2. The van der Waals surface area contributed by atoms with Crippen molar-refractivity contribution in [3.05, 3.63) is 22.7 Å². The van der Waals surface area contributed by atoms with Gasteiger partial charge in [0.15, 0.2) is 11.5 Å². The molecule has 0 aromatic heterocycles. The second-order valence-electron chi connectivity index (χ2n) is 4.16. The minimum absolute atomic E-state index is 0.151. The molecule has 0 fully saturated rings. The highest BCUT2D eigenvalue weighted by atomic mass is 35.5. The Morgan fingerprint density at radius 2 is 2.00 bits per heavy atom. The van der Waals surface area contributed by atoms with Crippen LogP contribution in [0.1, 0.15) is 24.8 Å². The van der Waals surface area contributed by atoms with E-state index in [4.69, 9.17) is 26.2 Å². The van der Waals surface area contributed by atoms with Crippen molar-refractivity contribution >= 4 is 17.6 Å². The molecule has 98 valence electrons. The maximum absolute atomic E-state index is 10.5. The normalized spacial score (nSPS) is 14.1. The van der Waals surface area contributed by atoms with Crippen LogP contribution in [0.15, 0.2) is 12.1 Å². The molecule has 5 heteroatoms. The fourth-order valence-corrected chi connectivity index (χ4v) is 2.11. The lowest BCUT2D eigenvalue weighted by atomic mass is 10.1. The molecule has 1 aromatic rings. The lowest BCUT2D eigenvalue weighted by Crippen LogP contribution is -2.00. The van der Waals surface area contributed by atoms with Crippen LogP contribution in [0, 0.1) is 0 Å². The molecule has 0 saturated heterocycles. The van der Waals surface area contributed by atoms with Crippen LogP contribution < -0.4 is 9.47 Å². The van der Waals surface area contributed by atoms with Crippen molar-refractivity contribution in [1.82, 2.24) is 0 Å². The summed E-state index contributed by atoms with van der Waals surface area (Å²) in [5.74, 6) is 0.472. The largest absolute Gasteiger partial charge is 0.489 e. The molecule has 0 atom stereocenters. The van der Waals surface area contributed by atoms with Crippen molar-refractivity contribution in [1.29, 1.82) is 0 Å². The number of fused-ring (bicyclic) bond motifs is 1. The highest BCUT2D eigenvalue weighted by molar-refractivity contribution is 6.32. The first-order chi connectivity index (χ1) is 8.68. The van der Waals surface area contributed by atoms with Gasteiger partial charge in [-0.05, 0) is 24.5 Å². The number of carboxylic acid groups (broad SMARTS) is 1. The van der Waals surface area contributed by atoms with E-state index >= 15 is 0 Å². The predicted octanol–water partition coefficient (Wildman–Crippen LogP) is 2.91. The molecule has 2 rings (SSSR count). The first kappa shape index (κ1) is 13.0. The summed E-state index contributed by atoms with van der Waals surface area (Å²) in [6, 6.07) is 3.64. The van der Waals surface area contributed by atoms with E-state index in [9.17, 15) is 4.79 Å². The van der Waals surface area contributed by atoms with Crippen molar-refractivity contribution in [3.63, 3.8) is 0 Å². The van der Waals surface area contributed by atoms with E-state index in [2.05, 4.69) is 0 Å². The number of carboxylic acids is 1. The lowest BCUT2D eigenvalue weighted by Gasteiger charge is -2.13. The Morgan fingerprint density at radius 3 is 2.72 bits per heavy atom. The van der Waals surface area contributed by atoms with Gasteiger partial charge in [-0.3, -0.25) is 4.79 Å². The average molecular weight is 271 g/mol. The van der Waals surface area contributed by atoms with Gasteiger partial charge < -0.3 is 14.6 Å². The Labute approximate surface area is 110 Å².